The molecule has 0 spiro atoms. The van der Waals surface area contributed by atoms with Gasteiger partial charge in [0.25, 0.3) is 0 Å². The minimum Gasteiger partial charge on any atom is -0.476 e. The summed E-state index contributed by atoms with van der Waals surface area (Å²) in [4.78, 5) is 9.57. The van der Waals surface area contributed by atoms with Gasteiger partial charge in [0.1, 0.15) is 11.5 Å². The van der Waals surface area contributed by atoms with Crippen molar-refractivity contribution >= 4 is 0 Å². The number of ether oxygens (including phenoxy) is 1. The van der Waals surface area contributed by atoms with E-state index in [1.165, 1.54) is 25.3 Å². The standard InChI is InChI=1S/C21H29FN2O/c1-5-8-9-10-13-25-21-19(7-3)23-20(18(6-2)24-21)17-12-11-16(22)14-15(17)4/h11-12,14H,5-10,13H2,1-4H3. The van der Waals surface area contributed by atoms with Crippen LogP contribution < -0.4 is 4.74 Å². The summed E-state index contributed by atoms with van der Waals surface area (Å²) in [6.07, 6.45) is 6.19. The minimum absolute atomic E-state index is 0.227. The molecule has 0 bridgehead atoms. The number of hydrogen-bond acceptors (Lipinski definition) is 3. The summed E-state index contributed by atoms with van der Waals surface area (Å²) in [5.74, 6) is 0.425. The van der Waals surface area contributed by atoms with Crippen molar-refractivity contribution in [2.45, 2.75) is 66.2 Å². The Morgan fingerprint density at radius 3 is 2.36 bits per heavy atom. The van der Waals surface area contributed by atoms with Crippen molar-refractivity contribution in [3.05, 3.63) is 41.0 Å². The van der Waals surface area contributed by atoms with Crippen LogP contribution in [-0.2, 0) is 12.8 Å². The average Bonchev–Trinajstić information content (AvgIpc) is 2.61. The zero-order chi connectivity index (χ0) is 18.2. The maximum atomic E-state index is 13.4. The number of unbranched alkanes of at least 4 members (excludes halogenated alkanes) is 3. The van der Waals surface area contributed by atoms with Crippen molar-refractivity contribution in [1.82, 2.24) is 9.97 Å². The third kappa shape index (κ3) is 5.00. The Balaban J connectivity index is 2.30. The number of rotatable bonds is 9. The molecule has 0 aliphatic heterocycles. The molecule has 1 heterocycles. The summed E-state index contributed by atoms with van der Waals surface area (Å²) in [6, 6.07) is 4.81. The second kappa shape index (κ2) is 9.50. The largest absolute Gasteiger partial charge is 0.476 e. The SMILES string of the molecule is CCCCCCOc1nc(CC)c(-c2ccc(F)cc2C)nc1CC. The van der Waals surface area contributed by atoms with Gasteiger partial charge in [-0.25, -0.2) is 14.4 Å². The van der Waals surface area contributed by atoms with Gasteiger partial charge in [-0.1, -0.05) is 40.0 Å². The van der Waals surface area contributed by atoms with Gasteiger partial charge < -0.3 is 4.74 Å². The predicted molar refractivity (Wildman–Crippen MR) is 101 cm³/mol. The molecule has 1 aromatic heterocycles. The number of nitrogens with zero attached hydrogens (tertiary/aromatic N) is 2. The van der Waals surface area contributed by atoms with Crippen LogP contribution in [0, 0.1) is 12.7 Å². The molecule has 1 aromatic carbocycles. The van der Waals surface area contributed by atoms with Crippen LogP contribution in [-0.4, -0.2) is 16.6 Å². The molecule has 4 heteroatoms. The van der Waals surface area contributed by atoms with Crippen LogP contribution in [0.3, 0.4) is 0 Å². The van der Waals surface area contributed by atoms with Gasteiger partial charge in [0, 0.05) is 5.56 Å². The number of hydrogen-bond donors (Lipinski definition) is 0. The smallest absolute Gasteiger partial charge is 0.235 e. The van der Waals surface area contributed by atoms with Crippen molar-refractivity contribution < 1.29 is 9.13 Å². The lowest BCUT2D eigenvalue weighted by atomic mass is 10.0. The first kappa shape index (κ1) is 19.4. The van der Waals surface area contributed by atoms with E-state index in [1.54, 1.807) is 12.1 Å². The lowest BCUT2D eigenvalue weighted by Gasteiger charge is -2.15. The van der Waals surface area contributed by atoms with E-state index in [1.807, 2.05) is 6.92 Å². The Morgan fingerprint density at radius 2 is 1.72 bits per heavy atom. The highest BCUT2D eigenvalue weighted by molar-refractivity contribution is 5.66. The van der Waals surface area contributed by atoms with E-state index in [-0.39, 0.29) is 5.82 Å². The Hall–Kier alpha value is -1.97. The second-order valence-electron chi connectivity index (χ2n) is 6.35. The van der Waals surface area contributed by atoms with Crippen molar-refractivity contribution in [2.24, 2.45) is 0 Å². The van der Waals surface area contributed by atoms with Crippen molar-refractivity contribution in [3.8, 4) is 17.1 Å². The second-order valence-corrected chi connectivity index (χ2v) is 6.35. The van der Waals surface area contributed by atoms with Crippen LogP contribution in [0.2, 0.25) is 0 Å². The van der Waals surface area contributed by atoms with Crippen LogP contribution >= 0.6 is 0 Å². The van der Waals surface area contributed by atoms with Crippen molar-refractivity contribution in [1.29, 1.82) is 0 Å². The van der Waals surface area contributed by atoms with Gasteiger partial charge >= 0.3 is 0 Å². The first-order valence-electron chi connectivity index (χ1n) is 9.39. The molecule has 0 aliphatic carbocycles. The molecule has 0 radical (unpaired) electrons. The summed E-state index contributed by atoms with van der Waals surface area (Å²) >= 11 is 0. The third-order valence-electron chi connectivity index (χ3n) is 4.35. The molecule has 0 aliphatic rings. The summed E-state index contributed by atoms with van der Waals surface area (Å²) in [6.45, 7) is 8.90. The molecule has 3 nitrogen and oxygen atoms in total. The van der Waals surface area contributed by atoms with E-state index < -0.39 is 0 Å². The minimum atomic E-state index is -0.227. The summed E-state index contributed by atoms with van der Waals surface area (Å²) in [5, 5.41) is 0. The van der Waals surface area contributed by atoms with Crippen LogP contribution in [0.4, 0.5) is 4.39 Å². The van der Waals surface area contributed by atoms with Crippen molar-refractivity contribution in [3.63, 3.8) is 0 Å². The Labute approximate surface area is 150 Å². The molecule has 0 N–H and O–H groups in total. The fraction of sp³-hybridized carbons (Fsp3) is 0.524. The monoisotopic (exact) mass is 344 g/mol. The highest BCUT2D eigenvalue weighted by Crippen LogP contribution is 2.28. The molecule has 2 rings (SSSR count). The molecule has 0 fully saturated rings. The maximum Gasteiger partial charge on any atom is 0.235 e. The van der Waals surface area contributed by atoms with E-state index in [2.05, 4.69) is 20.8 Å². The Bertz CT molecular complexity index is 701. The number of aryl methyl sites for hydroxylation is 3. The fourth-order valence-corrected chi connectivity index (χ4v) is 2.89. The quantitative estimate of drug-likeness (QED) is 0.549. The van der Waals surface area contributed by atoms with E-state index in [9.17, 15) is 4.39 Å². The highest BCUT2D eigenvalue weighted by atomic mass is 19.1. The Kier molecular flexibility index (Phi) is 7.35. The molecular formula is C21H29FN2O. The highest BCUT2D eigenvalue weighted by Gasteiger charge is 2.16. The molecule has 0 unspecified atom stereocenters. The third-order valence-corrected chi connectivity index (χ3v) is 4.35. The van der Waals surface area contributed by atoms with Crippen LogP contribution in [0.15, 0.2) is 18.2 Å². The maximum absolute atomic E-state index is 13.4. The summed E-state index contributed by atoms with van der Waals surface area (Å²) in [7, 11) is 0. The topological polar surface area (TPSA) is 35.0 Å². The van der Waals surface area contributed by atoms with Gasteiger partial charge in [0.05, 0.1) is 18.0 Å². The predicted octanol–water partition coefficient (Wildman–Crippen LogP) is 5.68. The number of halogens is 1. The first-order valence-corrected chi connectivity index (χ1v) is 9.39. The Morgan fingerprint density at radius 1 is 0.960 bits per heavy atom. The molecule has 2 aromatic rings. The molecule has 25 heavy (non-hydrogen) atoms. The molecule has 0 saturated carbocycles. The van der Waals surface area contributed by atoms with E-state index in [0.29, 0.717) is 12.5 Å². The van der Waals surface area contributed by atoms with Crippen LogP contribution in [0.1, 0.15) is 63.4 Å². The van der Waals surface area contributed by atoms with E-state index in [4.69, 9.17) is 14.7 Å². The fourth-order valence-electron chi connectivity index (χ4n) is 2.89. The van der Waals surface area contributed by atoms with Gasteiger partial charge in [-0.05, 0) is 49.9 Å². The molecule has 136 valence electrons. The average molecular weight is 344 g/mol. The van der Waals surface area contributed by atoms with Gasteiger partial charge in [-0.15, -0.1) is 0 Å². The first-order chi connectivity index (χ1) is 12.1. The molecule has 0 saturated heterocycles. The summed E-state index contributed by atoms with van der Waals surface area (Å²) < 4.78 is 19.4. The van der Waals surface area contributed by atoms with Gasteiger partial charge in [0.2, 0.25) is 5.88 Å². The lowest BCUT2D eigenvalue weighted by Crippen LogP contribution is -2.08. The molecule has 0 atom stereocenters. The van der Waals surface area contributed by atoms with Gasteiger partial charge in [-0.3, -0.25) is 0 Å². The van der Waals surface area contributed by atoms with Crippen molar-refractivity contribution in [2.75, 3.05) is 6.61 Å². The van der Waals surface area contributed by atoms with Crippen LogP contribution in [0.25, 0.3) is 11.3 Å². The zero-order valence-electron chi connectivity index (χ0n) is 15.9. The van der Waals surface area contributed by atoms with Crippen LogP contribution in [0.5, 0.6) is 5.88 Å². The summed E-state index contributed by atoms with van der Waals surface area (Å²) in [5.41, 5.74) is 4.42. The number of aromatic nitrogens is 2. The molecular weight excluding hydrogens is 315 g/mol. The van der Waals surface area contributed by atoms with Gasteiger partial charge in [0.15, 0.2) is 0 Å². The van der Waals surface area contributed by atoms with E-state index >= 15 is 0 Å². The van der Waals surface area contributed by atoms with E-state index in [0.717, 1.165) is 47.5 Å². The normalized spacial score (nSPS) is 10.9. The molecule has 0 amide bonds. The van der Waals surface area contributed by atoms with Gasteiger partial charge in [-0.2, -0.15) is 0 Å². The number of benzene rings is 1. The lowest BCUT2D eigenvalue weighted by molar-refractivity contribution is 0.288. The zero-order valence-corrected chi connectivity index (χ0v) is 15.9.